The number of likely N-dealkylation sites (N-methyl/N-ethyl adjacent to an activating group) is 1. The minimum absolute atomic E-state index is 0.152. The monoisotopic (exact) mass is 388 g/mol. The van der Waals surface area contributed by atoms with E-state index in [0.29, 0.717) is 52.5 Å². The summed E-state index contributed by atoms with van der Waals surface area (Å²) >= 11 is 0. The van der Waals surface area contributed by atoms with Gasteiger partial charge in [-0.3, -0.25) is 19.4 Å². The van der Waals surface area contributed by atoms with Gasteiger partial charge in [0.15, 0.2) is 0 Å². The lowest BCUT2D eigenvalue weighted by atomic mass is 10.2. The van der Waals surface area contributed by atoms with Crippen LogP contribution in [0.2, 0.25) is 0 Å². The third kappa shape index (κ3) is 6.02. The van der Waals surface area contributed by atoms with Crippen LogP contribution in [0.5, 0.6) is 0 Å². The lowest BCUT2D eigenvalue weighted by molar-refractivity contribution is -0.136. The Bertz CT molecular complexity index is 626. The van der Waals surface area contributed by atoms with Crippen LogP contribution in [0.1, 0.15) is 12.5 Å². The topological polar surface area (TPSA) is 56.3 Å². The van der Waals surface area contributed by atoms with E-state index in [1.807, 2.05) is 34.9 Å². The number of morpholine rings is 1. The third-order valence-corrected chi connectivity index (χ3v) is 5.50. The first-order valence-corrected chi connectivity index (χ1v) is 10.3. The van der Waals surface area contributed by atoms with Gasteiger partial charge in [-0.05, 0) is 12.5 Å². The van der Waals surface area contributed by atoms with Crippen molar-refractivity contribution in [1.29, 1.82) is 0 Å². The molecule has 0 aliphatic carbocycles. The highest BCUT2D eigenvalue weighted by molar-refractivity contribution is 5.79. The van der Waals surface area contributed by atoms with E-state index < -0.39 is 0 Å². The second-order valence-electron chi connectivity index (χ2n) is 7.44. The summed E-state index contributed by atoms with van der Waals surface area (Å²) in [6.45, 7) is 10.2. The van der Waals surface area contributed by atoms with Gasteiger partial charge < -0.3 is 14.5 Å². The predicted molar refractivity (Wildman–Crippen MR) is 108 cm³/mol. The molecule has 0 unspecified atom stereocenters. The zero-order valence-electron chi connectivity index (χ0n) is 16.9. The van der Waals surface area contributed by atoms with E-state index in [2.05, 4.69) is 21.9 Å². The quantitative estimate of drug-likeness (QED) is 0.681. The first-order valence-electron chi connectivity index (χ1n) is 10.3. The van der Waals surface area contributed by atoms with E-state index in [4.69, 9.17) is 4.74 Å². The SMILES string of the molecule is CCN(Cc1ccccc1)C(=O)CN1CCN(C(=O)CN2CCOCC2)CC1. The Morgan fingerprint density at radius 3 is 2.21 bits per heavy atom. The molecule has 2 aliphatic rings. The van der Waals surface area contributed by atoms with Gasteiger partial charge in [0.2, 0.25) is 11.8 Å². The van der Waals surface area contributed by atoms with Gasteiger partial charge in [-0.1, -0.05) is 30.3 Å². The van der Waals surface area contributed by atoms with Gasteiger partial charge in [-0.15, -0.1) is 0 Å². The van der Waals surface area contributed by atoms with E-state index >= 15 is 0 Å². The molecule has 2 amide bonds. The molecule has 2 aliphatic heterocycles. The van der Waals surface area contributed by atoms with Gasteiger partial charge in [0.05, 0.1) is 26.3 Å². The van der Waals surface area contributed by atoms with Gasteiger partial charge in [0.1, 0.15) is 0 Å². The summed E-state index contributed by atoms with van der Waals surface area (Å²) in [6, 6.07) is 10.1. The Hall–Kier alpha value is -1.96. The Balaban J connectivity index is 1.41. The first kappa shape index (κ1) is 20.8. The van der Waals surface area contributed by atoms with Crippen LogP contribution in [0.15, 0.2) is 30.3 Å². The number of rotatable bonds is 7. The van der Waals surface area contributed by atoms with Gasteiger partial charge in [-0.25, -0.2) is 0 Å². The van der Waals surface area contributed by atoms with Crippen molar-refractivity contribution in [3.8, 4) is 0 Å². The highest BCUT2D eigenvalue weighted by Gasteiger charge is 2.25. The molecule has 28 heavy (non-hydrogen) atoms. The Morgan fingerprint density at radius 2 is 1.57 bits per heavy atom. The summed E-state index contributed by atoms with van der Waals surface area (Å²) in [5.74, 6) is 0.339. The molecule has 2 heterocycles. The maximum absolute atomic E-state index is 12.7. The van der Waals surface area contributed by atoms with Crippen LogP contribution in [-0.2, 0) is 20.9 Å². The molecule has 0 aromatic heterocycles. The van der Waals surface area contributed by atoms with Crippen molar-refractivity contribution < 1.29 is 14.3 Å². The molecule has 7 nitrogen and oxygen atoms in total. The fraction of sp³-hybridized carbons (Fsp3) is 0.619. The van der Waals surface area contributed by atoms with Gasteiger partial charge in [-0.2, -0.15) is 0 Å². The summed E-state index contributed by atoms with van der Waals surface area (Å²) in [5.41, 5.74) is 1.15. The zero-order chi connectivity index (χ0) is 19.8. The number of amides is 2. The van der Waals surface area contributed by atoms with Crippen molar-refractivity contribution in [3.05, 3.63) is 35.9 Å². The van der Waals surface area contributed by atoms with E-state index in [-0.39, 0.29) is 11.8 Å². The standard InChI is InChI=1S/C21H32N4O3/c1-2-24(16-19-6-4-3-5-7-19)20(26)17-22-8-10-25(11-9-22)21(27)18-23-12-14-28-15-13-23/h3-7H,2,8-18H2,1H3. The van der Waals surface area contributed by atoms with E-state index in [0.717, 1.165) is 31.7 Å². The molecule has 0 spiro atoms. The molecule has 0 bridgehead atoms. The molecule has 0 atom stereocenters. The summed E-state index contributed by atoms with van der Waals surface area (Å²) in [7, 11) is 0. The third-order valence-electron chi connectivity index (χ3n) is 5.50. The van der Waals surface area contributed by atoms with Crippen molar-refractivity contribution in [1.82, 2.24) is 19.6 Å². The Labute approximate surface area is 167 Å². The highest BCUT2D eigenvalue weighted by atomic mass is 16.5. The molecule has 0 radical (unpaired) electrons. The molecule has 154 valence electrons. The van der Waals surface area contributed by atoms with Crippen LogP contribution >= 0.6 is 0 Å². The number of carbonyl (C=O) groups excluding carboxylic acids is 2. The molecular formula is C21H32N4O3. The number of hydrogen-bond donors (Lipinski definition) is 0. The van der Waals surface area contributed by atoms with Gasteiger partial charge in [0, 0.05) is 52.4 Å². The molecule has 0 saturated carbocycles. The van der Waals surface area contributed by atoms with Crippen molar-refractivity contribution in [2.24, 2.45) is 0 Å². The van der Waals surface area contributed by atoms with Crippen molar-refractivity contribution >= 4 is 11.8 Å². The number of piperazine rings is 1. The van der Waals surface area contributed by atoms with E-state index in [1.165, 1.54) is 0 Å². The lowest BCUT2D eigenvalue weighted by Gasteiger charge is -2.36. The van der Waals surface area contributed by atoms with Crippen LogP contribution in [0.4, 0.5) is 0 Å². The summed E-state index contributed by atoms with van der Waals surface area (Å²) in [6.07, 6.45) is 0. The first-order chi connectivity index (χ1) is 13.7. The fourth-order valence-electron chi connectivity index (χ4n) is 3.68. The van der Waals surface area contributed by atoms with E-state index in [1.54, 1.807) is 0 Å². The van der Waals surface area contributed by atoms with Crippen LogP contribution in [0.25, 0.3) is 0 Å². The molecule has 0 N–H and O–H groups in total. The minimum Gasteiger partial charge on any atom is -0.379 e. The molecule has 2 saturated heterocycles. The molecule has 1 aromatic rings. The Morgan fingerprint density at radius 1 is 0.929 bits per heavy atom. The number of benzene rings is 1. The van der Waals surface area contributed by atoms with E-state index in [9.17, 15) is 9.59 Å². The fourth-order valence-corrected chi connectivity index (χ4v) is 3.68. The van der Waals surface area contributed by atoms with Crippen molar-refractivity contribution in [3.63, 3.8) is 0 Å². The minimum atomic E-state index is 0.152. The van der Waals surface area contributed by atoms with Crippen LogP contribution < -0.4 is 0 Å². The molecule has 1 aromatic carbocycles. The summed E-state index contributed by atoms with van der Waals surface area (Å²) in [5, 5.41) is 0. The normalized spacial score (nSPS) is 18.8. The summed E-state index contributed by atoms with van der Waals surface area (Å²) in [4.78, 5) is 33.4. The number of nitrogens with zero attached hydrogens (tertiary/aromatic N) is 4. The number of hydrogen-bond acceptors (Lipinski definition) is 5. The molecule has 2 fully saturated rings. The van der Waals surface area contributed by atoms with Crippen LogP contribution in [-0.4, -0.2) is 104 Å². The predicted octanol–water partition coefficient (Wildman–Crippen LogP) is 0.512. The van der Waals surface area contributed by atoms with Crippen molar-refractivity contribution in [2.45, 2.75) is 13.5 Å². The average Bonchev–Trinajstić information content (AvgIpc) is 2.74. The zero-order valence-corrected chi connectivity index (χ0v) is 16.9. The smallest absolute Gasteiger partial charge is 0.237 e. The maximum atomic E-state index is 12.7. The van der Waals surface area contributed by atoms with Gasteiger partial charge in [0.25, 0.3) is 0 Å². The molecule has 7 heteroatoms. The average molecular weight is 389 g/mol. The van der Waals surface area contributed by atoms with Crippen LogP contribution in [0.3, 0.4) is 0 Å². The number of carbonyl (C=O) groups is 2. The molecule has 3 rings (SSSR count). The molecular weight excluding hydrogens is 356 g/mol. The second-order valence-corrected chi connectivity index (χ2v) is 7.44. The lowest BCUT2D eigenvalue weighted by Crippen LogP contribution is -2.53. The number of ether oxygens (including phenoxy) is 1. The maximum Gasteiger partial charge on any atom is 0.237 e. The second kappa shape index (κ2) is 10.5. The van der Waals surface area contributed by atoms with Gasteiger partial charge >= 0.3 is 0 Å². The Kier molecular flexibility index (Phi) is 7.82. The highest BCUT2D eigenvalue weighted by Crippen LogP contribution is 2.08. The van der Waals surface area contributed by atoms with Crippen molar-refractivity contribution in [2.75, 3.05) is 72.1 Å². The largest absolute Gasteiger partial charge is 0.379 e. The summed E-state index contributed by atoms with van der Waals surface area (Å²) < 4.78 is 5.33. The van der Waals surface area contributed by atoms with Crippen LogP contribution in [0, 0.1) is 0 Å².